The number of hydrogen-bond donors (Lipinski definition) is 2. The van der Waals surface area contributed by atoms with Gasteiger partial charge in [-0.05, 0) is 50.2 Å². The molecule has 0 atom stereocenters. The molecule has 0 saturated carbocycles. The first-order valence-electron chi connectivity index (χ1n) is 10.8. The summed E-state index contributed by atoms with van der Waals surface area (Å²) in [5.74, 6) is 0.163. The number of hydrogen-bond acceptors (Lipinski definition) is 5. The fraction of sp³-hybridized carbons (Fsp3) is 0.154. The highest BCUT2D eigenvalue weighted by Crippen LogP contribution is 2.31. The van der Waals surface area contributed by atoms with E-state index in [1.165, 1.54) is 0 Å². The van der Waals surface area contributed by atoms with Crippen LogP contribution >= 0.6 is 0 Å². The van der Waals surface area contributed by atoms with E-state index < -0.39 is 5.91 Å². The standard InChI is InChI=1S/C26H25N5O2/c1-3-31(4-2)26(33)19-13-15-20(16-14-19)28-25-22-8-6-5-7-21(22)23(29-30-25)17-9-11-18(12-10-17)24(27)32/h5-16H,3-4H2,1-2H3,(H2,27,32)(H,28,30). The van der Waals surface area contributed by atoms with Crippen molar-refractivity contribution in [1.82, 2.24) is 15.1 Å². The number of primary amides is 1. The van der Waals surface area contributed by atoms with Gasteiger partial charge in [-0.25, -0.2) is 0 Å². The fourth-order valence-corrected chi connectivity index (χ4v) is 3.73. The van der Waals surface area contributed by atoms with Crippen molar-refractivity contribution in [3.05, 3.63) is 83.9 Å². The Morgan fingerprint density at radius 3 is 2.03 bits per heavy atom. The maximum absolute atomic E-state index is 12.5. The van der Waals surface area contributed by atoms with Crippen LogP contribution in [0.3, 0.4) is 0 Å². The van der Waals surface area contributed by atoms with Crippen LogP contribution in [0.4, 0.5) is 11.5 Å². The van der Waals surface area contributed by atoms with Crippen molar-refractivity contribution >= 4 is 34.1 Å². The predicted molar refractivity (Wildman–Crippen MR) is 130 cm³/mol. The van der Waals surface area contributed by atoms with Crippen molar-refractivity contribution in [1.29, 1.82) is 0 Å². The maximum atomic E-state index is 12.5. The third-order valence-electron chi connectivity index (χ3n) is 5.58. The minimum Gasteiger partial charge on any atom is -0.366 e. The lowest BCUT2D eigenvalue weighted by atomic mass is 10.0. The Hall–Kier alpha value is -4.26. The number of anilines is 2. The summed E-state index contributed by atoms with van der Waals surface area (Å²) in [5, 5.41) is 14.0. The van der Waals surface area contributed by atoms with E-state index in [0.717, 1.165) is 22.0 Å². The summed E-state index contributed by atoms with van der Waals surface area (Å²) < 4.78 is 0. The molecule has 4 rings (SSSR count). The highest BCUT2D eigenvalue weighted by molar-refractivity contribution is 6.01. The average molecular weight is 440 g/mol. The molecule has 0 fully saturated rings. The van der Waals surface area contributed by atoms with E-state index >= 15 is 0 Å². The van der Waals surface area contributed by atoms with Gasteiger partial charge >= 0.3 is 0 Å². The minimum atomic E-state index is -0.471. The molecule has 1 heterocycles. The lowest BCUT2D eigenvalue weighted by molar-refractivity contribution is 0.0772. The summed E-state index contributed by atoms with van der Waals surface area (Å²) >= 11 is 0. The van der Waals surface area contributed by atoms with Crippen LogP contribution in [0.25, 0.3) is 22.0 Å². The third kappa shape index (κ3) is 4.52. The molecule has 2 amide bonds. The minimum absolute atomic E-state index is 0.0171. The number of amides is 2. The van der Waals surface area contributed by atoms with Crippen molar-refractivity contribution in [2.45, 2.75) is 13.8 Å². The SMILES string of the molecule is CCN(CC)C(=O)c1ccc(Nc2nnc(-c3ccc(C(N)=O)cc3)c3ccccc23)cc1. The van der Waals surface area contributed by atoms with E-state index in [1.807, 2.05) is 74.5 Å². The molecule has 0 aliphatic carbocycles. The zero-order chi connectivity index (χ0) is 23.4. The number of nitrogens with two attached hydrogens (primary N) is 1. The molecule has 33 heavy (non-hydrogen) atoms. The van der Waals surface area contributed by atoms with Gasteiger partial charge in [-0.15, -0.1) is 10.2 Å². The zero-order valence-electron chi connectivity index (χ0n) is 18.6. The van der Waals surface area contributed by atoms with Crippen LogP contribution in [0.1, 0.15) is 34.6 Å². The molecule has 166 valence electrons. The van der Waals surface area contributed by atoms with Gasteiger partial charge in [-0.2, -0.15) is 0 Å². The van der Waals surface area contributed by atoms with Crippen molar-refractivity contribution < 1.29 is 9.59 Å². The van der Waals surface area contributed by atoms with Gasteiger partial charge in [0.05, 0.1) is 0 Å². The van der Waals surface area contributed by atoms with Gasteiger partial charge in [0, 0.05) is 46.2 Å². The predicted octanol–water partition coefficient (Wildman–Crippen LogP) is 4.62. The van der Waals surface area contributed by atoms with E-state index in [-0.39, 0.29) is 5.91 Å². The van der Waals surface area contributed by atoms with Gasteiger partial charge in [0.15, 0.2) is 5.82 Å². The third-order valence-corrected chi connectivity index (χ3v) is 5.58. The van der Waals surface area contributed by atoms with Crippen molar-refractivity contribution in [2.75, 3.05) is 18.4 Å². The summed E-state index contributed by atoms with van der Waals surface area (Å²) in [6.07, 6.45) is 0. The number of nitrogens with zero attached hydrogens (tertiary/aromatic N) is 3. The lowest BCUT2D eigenvalue weighted by Crippen LogP contribution is -2.30. The first-order valence-corrected chi connectivity index (χ1v) is 10.8. The molecule has 0 saturated heterocycles. The summed E-state index contributed by atoms with van der Waals surface area (Å²) in [6, 6.07) is 22.2. The Morgan fingerprint density at radius 1 is 0.818 bits per heavy atom. The molecule has 0 spiro atoms. The average Bonchev–Trinajstić information content (AvgIpc) is 2.85. The molecule has 0 bridgehead atoms. The maximum Gasteiger partial charge on any atom is 0.253 e. The first kappa shape index (κ1) is 22.0. The molecule has 7 heteroatoms. The number of fused-ring (bicyclic) bond motifs is 1. The van der Waals surface area contributed by atoms with Gasteiger partial charge in [0.25, 0.3) is 5.91 Å². The van der Waals surface area contributed by atoms with Gasteiger partial charge in [-0.1, -0.05) is 36.4 Å². The lowest BCUT2D eigenvalue weighted by Gasteiger charge is -2.18. The van der Waals surface area contributed by atoms with Crippen LogP contribution in [-0.2, 0) is 0 Å². The van der Waals surface area contributed by atoms with Gasteiger partial charge in [0.1, 0.15) is 5.69 Å². The molecule has 1 aromatic heterocycles. The van der Waals surface area contributed by atoms with Crippen molar-refractivity contribution in [2.24, 2.45) is 5.73 Å². The fourth-order valence-electron chi connectivity index (χ4n) is 3.73. The number of carbonyl (C=O) groups excluding carboxylic acids is 2. The van der Waals surface area contributed by atoms with E-state index in [0.29, 0.717) is 35.7 Å². The molecule has 0 aliphatic heterocycles. The monoisotopic (exact) mass is 439 g/mol. The first-order chi connectivity index (χ1) is 16.0. The molecular weight excluding hydrogens is 414 g/mol. The highest BCUT2D eigenvalue weighted by atomic mass is 16.2. The Bertz CT molecular complexity index is 1300. The Balaban J connectivity index is 1.64. The molecule has 3 aromatic carbocycles. The molecule has 4 aromatic rings. The van der Waals surface area contributed by atoms with Crippen molar-refractivity contribution in [3.8, 4) is 11.3 Å². The number of rotatable bonds is 7. The van der Waals surface area contributed by atoms with Gasteiger partial charge in [-0.3, -0.25) is 9.59 Å². The molecule has 0 radical (unpaired) electrons. The second-order valence-electron chi connectivity index (χ2n) is 7.56. The van der Waals surface area contributed by atoms with Crippen LogP contribution < -0.4 is 11.1 Å². The second kappa shape index (κ2) is 9.48. The van der Waals surface area contributed by atoms with Crippen LogP contribution in [0, 0.1) is 0 Å². The summed E-state index contributed by atoms with van der Waals surface area (Å²) in [5.41, 5.74) is 8.80. The van der Waals surface area contributed by atoms with E-state index in [4.69, 9.17) is 5.73 Å². The van der Waals surface area contributed by atoms with E-state index in [1.54, 1.807) is 17.0 Å². The molecule has 0 unspecified atom stereocenters. The van der Waals surface area contributed by atoms with Crippen LogP contribution in [-0.4, -0.2) is 40.0 Å². The quantitative estimate of drug-likeness (QED) is 0.437. The number of carbonyl (C=O) groups is 2. The van der Waals surface area contributed by atoms with E-state index in [2.05, 4.69) is 15.5 Å². The summed E-state index contributed by atoms with van der Waals surface area (Å²) in [7, 11) is 0. The Morgan fingerprint density at radius 2 is 1.42 bits per heavy atom. The number of benzene rings is 3. The highest BCUT2D eigenvalue weighted by Gasteiger charge is 2.14. The summed E-state index contributed by atoms with van der Waals surface area (Å²) in [4.78, 5) is 25.7. The Labute approximate surface area is 192 Å². The number of nitrogens with one attached hydrogen (secondary N) is 1. The van der Waals surface area contributed by atoms with Crippen LogP contribution in [0.5, 0.6) is 0 Å². The smallest absolute Gasteiger partial charge is 0.253 e. The molecule has 3 N–H and O–H groups in total. The van der Waals surface area contributed by atoms with Gasteiger partial charge in [0.2, 0.25) is 5.91 Å². The topological polar surface area (TPSA) is 101 Å². The molecule has 0 aliphatic rings. The van der Waals surface area contributed by atoms with Gasteiger partial charge < -0.3 is 16.0 Å². The summed E-state index contributed by atoms with van der Waals surface area (Å²) in [6.45, 7) is 5.29. The van der Waals surface area contributed by atoms with Crippen LogP contribution in [0.2, 0.25) is 0 Å². The van der Waals surface area contributed by atoms with E-state index in [9.17, 15) is 9.59 Å². The molecular formula is C26H25N5O2. The second-order valence-corrected chi connectivity index (χ2v) is 7.56. The van der Waals surface area contributed by atoms with Crippen molar-refractivity contribution in [3.63, 3.8) is 0 Å². The number of aromatic nitrogens is 2. The Kier molecular flexibility index (Phi) is 6.31. The van der Waals surface area contributed by atoms with Crippen LogP contribution in [0.15, 0.2) is 72.8 Å². The largest absolute Gasteiger partial charge is 0.366 e. The molecule has 7 nitrogen and oxygen atoms in total. The zero-order valence-corrected chi connectivity index (χ0v) is 18.6. The normalized spacial score (nSPS) is 10.7.